The highest BCUT2D eigenvalue weighted by Gasteiger charge is 2.25. The Morgan fingerprint density at radius 3 is 2.00 bits per heavy atom. The van der Waals surface area contributed by atoms with Crippen molar-refractivity contribution in [1.82, 2.24) is 4.90 Å². The molecule has 0 saturated heterocycles. The Hall–Kier alpha value is -1.74. The number of nitrogens with zero attached hydrogens (tertiary/aromatic N) is 1. The molecule has 110 valence electrons. The lowest BCUT2D eigenvalue weighted by molar-refractivity contribution is -0.130. The summed E-state index contributed by atoms with van der Waals surface area (Å²) in [4.78, 5) is 15.8. The minimum absolute atomic E-state index is 0.181. The van der Waals surface area contributed by atoms with E-state index >= 15 is 0 Å². The van der Waals surface area contributed by atoms with Gasteiger partial charge < -0.3 is 4.90 Å². The van der Waals surface area contributed by atoms with E-state index in [4.69, 9.17) is 0 Å². The molecule has 2 aromatic rings. The first-order valence-corrected chi connectivity index (χ1v) is 8.19. The van der Waals surface area contributed by atoms with Crippen LogP contribution in [0.15, 0.2) is 65.6 Å². The second-order valence-electron chi connectivity index (χ2n) is 4.73. The van der Waals surface area contributed by atoms with Gasteiger partial charge in [0.05, 0.1) is 0 Å². The van der Waals surface area contributed by atoms with Gasteiger partial charge in [0, 0.05) is 18.0 Å². The molecule has 0 saturated carbocycles. The molecule has 0 aliphatic rings. The van der Waals surface area contributed by atoms with Crippen LogP contribution in [0.3, 0.4) is 0 Å². The van der Waals surface area contributed by atoms with Crippen LogP contribution in [0.2, 0.25) is 0 Å². The Kier molecular flexibility index (Phi) is 5.88. The highest BCUT2D eigenvalue weighted by Crippen LogP contribution is 2.36. The van der Waals surface area contributed by atoms with Gasteiger partial charge in [0.1, 0.15) is 5.25 Å². The summed E-state index contributed by atoms with van der Waals surface area (Å²) < 4.78 is 0. The Labute approximate surface area is 131 Å². The van der Waals surface area contributed by atoms with E-state index in [-0.39, 0.29) is 11.2 Å². The number of hydrogen-bond acceptors (Lipinski definition) is 2. The summed E-state index contributed by atoms with van der Waals surface area (Å²) in [6.45, 7) is 5.54. The van der Waals surface area contributed by atoms with Gasteiger partial charge in [0.2, 0.25) is 5.91 Å². The molecule has 3 heteroatoms. The zero-order chi connectivity index (χ0) is 15.1. The largest absolute Gasteiger partial charge is 0.342 e. The van der Waals surface area contributed by atoms with Gasteiger partial charge in [0.15, 0.2) is 0 Å². The minimum Gasteiger partial charge on any atom is -0.342 e. The first-order chi connectivity index (χ1) is 10.3. The number of rotatable bonds is 6. The van der Waals surface area contributed by atoms with Gasteiger partial charge in [-0.15, -0.1) is 11.8 Å². The molecule has 0 spiro atoms. The lowest BCUT2D eigenvalue weighted by atomic mass is 10.1. The van der Waals surface area contributed by atoms with Crippen molar-refractivity contribution in [2.45, 2.75) is 24.0 Å². The van der Waals surface area contributed by atoms with Crippen molar-refractivity contribution in [3.05, 3.63) is 66.2 Å². The molecule has 0 aliphatic carbocycles. The molecule has 0 radical (unpaired) electrons. The number of likely N-dealkylation sites (N-methyl/N-ethyl adjacent to an activating group) is 1. The summed E-state index contributed by atoms with van der Waals surface area (Å²) in [7, 11) is 0. The number of carbonyl (C=O) groups excluding carboxylic acids is 1. The van der Waals surface area contributed by atoms with Crippen molar-refractivity contribution in [1.29, 1.82) is 0 Å². The molecule has 2 nitrogen and oxygen atoms in total. The van der Waals surface area contributed by atoms with E-state index in [1.165, 1.54) is 0 Å². The molecule has 0 fully saturated rings. The molecule has 2 aromatic carbocycles. The molecule has 0 N–H and O–H groups in total. The molecule has 0 aromatic heterocycles. The predicted octanol–water partition coefficient (Wildman–Crippen LogP) is 4.39. The monoisotopic (exact) mass is 299 g/mol. The summed E-state index contributed by atoms with van der Waals surface area (Å²) in [6, 6.07) is 20.1. The average molecular weight is 299 g/mol. The van der Waals surface area contributed by atoms with Gasteiger partial charge in [-0.1, -0.05) is 48.5 Å². The fraction of sp³-hybridized carbons (Fsp3) is 0.278. The topological polar surface area (TPSA) is 20.3 Å². The van der Waals surface area contributed by atoms with Gasteiger partial charge in [-0.3, -0.25) is 4.79 Å². The van der Waals surface area contributed by atoms with Crippen LogP contribution < -0.4 is 0 Å². The summed E-state index contributed by atoms with van der Waals surface area (Å²) >= 11 is 1.62. The van der Waals surface area contributed by atoms with Crippen molar-refractivity contribution in [3.8, 4) is 0 Å². The molecule has 21 heavy (non-hydrogen) atoms. The number of thioether (sulfide) groups is 1. The van der Waals surface area contributed by atoms with Gasteiger partial charge in [0.25, 0.3) is 0 Å². The number of hydrogen-bond donors (Lipinski definition) is 0. The third-order valence-electron chi connectivity index (χ3n) is 3.40. The lowest BCUT2D eigenvalue weighted by Gasteiger charge is -2.25. The lowest BCUT2D eigenvalue weighted by Crippen LogP contribution is -2.33. The van der Waals surface area contributed by atoms with Crippen LogP contribution in [-0.4, -0.2) is 23.9 Å². The maximum Gasteiger partial charge on any atom is 0.240 e. The van der Waals surface area contributed by atoms with E-state index in [0.29, 0.717) is 0 Å². The number of carbonyl (C=O) groups is 1. The Morgan fingerprint density at radius 1 is 0.952 bits per heavy atom. The van der Waals surface area contributed by atoms with Crippen LogP contribution in [0, 0.1) is 0 Å². The van der Waals surface area contributed by atoms with Gasteiger partial charge in [-0.05, 0) is 31.5 Å². The van der Waals surface area contributed by atoms with Crippen LogP contribution in [0.4, 0.5) is 0 Å². The van der Waals surface area contributed by atoms with Crippen molar-refractivity contribution in [2.24, 2.45) is 0 Å². The van der Waals surface area contributed by atoms with Crippen LogP contribution in [-0.2, 0) is 4.79 Å². The third-order valence-corrected chi connectivity index (χ3v) is 4.65. The Bertz CT molecular complexity index is 552. The quantitative estimate of drug-likeness (QED) is 0.737. The molecular formula is C18H21NOS. The zero-order valence-corrected chi connectivity index (χ0v) is 13.3. The van der Waals surface area contributed by atoms with Crippen LogP contribution in [0.1, 0.15) is 24.7 Å². The molecule has 0 bridgehead atoms. The Morgan fingerprint density at radius 2 is 1.48 bits per heavy atom. The SMILES string of the molecule is CCN(CC)C(=O)[C@H](Sc1ccccc1)c1ccccc1. The highest BCUT2D eigenvalue weighted by molar-refractivity contribution is 8.00. The average Bonchev–Trinajstić information content (AvgIpc) is 2.55. The summed E-state index contributed by atoms with van der Waals surface area (Å²) in [5.41, 5.74) is 1.06. The normalized spacial score (nSPS) is 11.9. The standard InChI is InChI=1S/C18H21NOS/c1-3-19(4-2)18(20)17(15-11-7-5-8-12-15)21-16-13-9-6-10-14-16/h5-14,17H,3-4H2,1-2H3/t17-/m1/s1. The van der Waals surface area contributed by atoms with Gasteiger partial charge in [-0.25, -0.2) is 0 Å². The third kappa shape index (κ3) is 4.11. The maximum absolute atomic E-state index is 12.8. The molecular weight excluding hydrogens is 278 g/mol. The summed E-state index contributed by atoms with van der Waals surface area (Å²) in [6.07, 6.45) is 0. The summed E-state index contributed by atoms with van der Waals surface area (Å²) in [5.74, 6) is 0.181. The van der Waals surface area contributed by atoms with E-state index in [2.05, 4.69) is 12.1 Å². The second kappa shape index (κ2) is 7.89. The predicted molar refractivity (Wildman–Crippen MR) is 89.4 cm³/mol. The molecule has 0 aliphatic heterocycles. The first kappa shape index (κ1) is 15.6. The van der Waals surface area contributed by atoms with Gasteiger partial charge in [-0.2, -0.15) is 0 Å². The van der Waals surface area contributed by atoms with E-state index in [9.17, 15) is 4.79 Å². The van der Waals surface area contributed by atoms with E-state index < -0.39 is 0 Å². The van der Waals surface area contributed by atoms with Crippen LogP contribution in [0.25, 0.3) is 0 Å². The van der Waals surface area contributed by atoms with Crippen LogP contribution in [0.5, 0.6) is 0 Å². The fourth-order valence-electron chi connectivity index (χ4n) is 2.23. The fourth-order valence-corrected chi connectivity index (χ4v) is 3.35. The maximum atomic E-state index is 12.8. The molecule has 0 unspecified atom stereocenters. The zero-order valence-electron chi connectivity index (χ0n) is 12.5. The molecule has 1 amide bonds. The Balaban J connectivity index is 2.29. The van der Waals surface area contributed by atoms with Crippen molar-refractivity contribution in [3.63, 3.8) is 0 Å². The van der Waals surface area contributed by atoms with E-state index in [1.807, 2.05) is 67.3 Å². The number of amides is 1. The van der Waals surface area contributed by atoms with Crippen molar-refractivity contribution < 1.29 is 4.79 Å². The van der Waals surface area contributed by atoms with E-state index in [1.54, 1.807) is 11.8 Å². The first-order valence-electron chi connectivity index (χ1n) is 7.31. The van der Waals surface area contributed by atoms with Crippen molar-refractivity contribution in [2.75, 3.05) is 13.1 Å². The molecule has 2 rings (SSSR count). The number of benzene rings is 2. The summed E-state index contributed by atoms with van der Waals surface area (Å²) in [5, 5.41) is -0.187. The van der Waals surface area contributed by atoms with E-state index in [0.717, 1.165) is 23.5 Å². The van der Waals surface area contributed by atoms with Crippen molar-refractivity contribution >= 4 is 17.7 Å². The second-order valence-corrected chi connectivity index (χ2v) is 5.91. The molecule has 1 atom stereocenters. The minimum atomic E-state index is -0.187. The highest BCUT2D eigenvalue weighted by atomic mass is 32.2. The molecule has 0 heterocycles. The van der Waals surface area contributed by atoms with Gasteiger partial charge >= 0.3 is 0 Å². The van der Waals surface area contributed by atoms with Crippen LogP contribution >= 0.6 is 11.8 Å². The smallest absolute Gasteiger partial charge is 0.240 e.